The number of nitrogens with one attached hydrogen (secondary N) is 1. The fourth-order valence-electron chi connectivity index (χ4n) is 2.94. The summed E-state index contributed by atoms with van der Waals surface area (Å²) in [5.41, 5.74) is 0.946. The number of carboxylic acids is 1. The molecule has 0 aromatic heterocycles. The van der Waals surface area contributed by atoms with Gasteiger partial charge in [-0.3, -0.25) is 14.4 Å². The van der Waals surface area contributed by atoms with E-state index in [0.29, 0.717) is 26.1 Å². The molecule has 2 rings (SSSR count). The van der Waals surface area contributed by atoms with Gasteiger partial charge in [0, 0.05) is 32.5 Å². The van der Waals surface area contributed by atoms with Crippen LogP contribution in [0.3, 0.4) is 0 Å². The summed E-state index contributed by atoms with van der Waals surface area (Å²) in [6.45, 7) is 1.54. The maximum Gasteiger partial charge on any atom is 0.303 e. The SMILES string of the molecule is O=C(O)CC1CCN(C(=O)CCNC(=O)Cc2ccccc2)CC1. The molecule has 0 unspecified atom stereocenters. The molecule has 130 valence electrons. The molecule has 24 heavy (non-hydrogen) atoms. The third-order valence-corrected chi connectivity index (χ3v) is 4.30. The number of rotatable bonds is 7. The molecule has 6 nitrogen and oxygen atoms in total. The molecular weight excluding hydrogens is 308 g/mol. The van der Waals surface area contributed by atoms with Crippen LogP contribution < -0.4 is 5.32 Å². The van der Waals surface area contributed by atoms with Crippen LogP contribution in [0.5, 0.6) is 0 Å². The number of carbonyl (C=O) groups excluding carboxylic acids is 2. The molecule has 2 N–H and O–H groups in total. The standard InChI is InChI=1S/C18H24N2O4/c21-16(12-14-4-2-1-3-5-14)19-9-6-17(22)20-10-7-15(8-11-20)13-18(23)24/h1-5,15H,6-13H2,(H,19,21)(H,23,24). The molecule has 1 fully saturated rings. The van der Waals surface area contributed by atoms with Gasteiger partial charge in [0.25, 0.3) is 0 Å². The van der Waals surface area contributed by atoms with Gasteiger partial charge in [-0.05, 0) is 24.3 Å². The van der Waals surface area contributed by atoms with E-state index in [1.807, 2.05) is 30.3 Å². The van der Waals surface area contributed by atoms with Crippen LogP contribution in [0.1, 0.15) is 31.2 Å². The molecule has 1 aliphatic heterocycles. The monoisotopic (exact) mass is 332 g/mol. The van der Waals surface area contributed by atoms with Crippen LogP contribution in [0.15, 0.2) is 30.3 Å². The van der Waals surface area contributed by atoms with Gasteiger partial charge in [-0.25, -0.2) is 0 Å². The number of aliphatic carboxylic acids is 1. The lowest BCUT2D eigenvalue weighted by Gasteiger charge is -2.31. The number of amides is 2. The van der Waals surface area contributed by atoms with Gasteiger partial charge in [-0.1, -0.05) is 30.3 Å². The van der Waals surface area contributed by atoms with E-state index in [4.69, 9.17) is 5.11 Å². The molecule has 0 atom stereocenters. The Hall–Kier alpha value is -2.37. The Bertz CT molecular complexity index is 566. The second-order valence-electron chi connectivity index (χ2n) is 6.18. The second kappa shape index (κ2) is 9.05. The number of piperidine rings is 1. The predicted molar refractivity (Wildman–Crippen MR) is 89.3 cm³/mol. The third-order valence-electron chi connectivity index (χ3n) is 4.30. The summed E-state index contributed by atoms with van der Waals surface area (Å²) in [7, 11) is 0. The molecule has 1 aromatic rings. The normalized spacial score (nSPS) is 15.1. The molecule has 0 saturated carbocycles. The number of carbonyl (C=O) groups is 3. The molecule has 0 spiro atoms. The second-order valence-corrected chi connectivity index (χ2v) is 6.18. The maximum atomic E-state index is 12.1. The van der Waals surface area contributed by atoms with Crippen molar-refractivity contribution < 1.29 is 19.5 Å². The van der Waals surface area contributed by atoms with Crippen LogP contribution in [0.4, 0.5) is 0 Å². The van der Waals surface area contributed by atoms with Crippen molar-refractivity contribution >= 4 is 17.8 Å². The Balaban J connectivity index is 1.63. The number of hydrogen-bond acceptors (Lipinski definition) is 3. The topological polar surface area (TPSA) is 86.7 Å². The lowest BCUT2D eigenvalue weighted by Crippen LogP contribution is -2.40. The van der Waals surface area contributed by atoms with Gasteiger partial charge < -0.3 is 15.3 Å². The molecule has 0 aliphatic carbocycles. The van der Waals surface area contributed by atoms with Crippen molar-refractivity contribution in [3.05, 3.63) is 35.9 Å². The highest BCUT2D eigenvalue weighted by molar-refractivity contribution is 5.80. The van der Waals surface area contributed by atoms with Crippen LogP contribution >= 0.6 is 0 Å². The fourth-order valence-corrected chi connectivity index (χ4v) is 2.94. The summed E-state index contributed by atoms with van der Waals surface area (Å²) < 4.78 is 0. The average Bonchev–Trinajstić information content (AvgIpc) is 2.55. The Morgan fingerprint density at radius 2 is 1.79 bits per heavy atom. The smallest absolute Gasteiger partial charge is 0.303 e. The summed E-state index contributed by atoms with van der Waals surface area (Å²) >= 11 is 0. The van der Waals surface area contributed by atoms with E-state index in [9.17, 15) is 14.4 Å². The van der Waals surface area contributed by atoms with E-state index in [0.717, 1.165) is 18.4 Å². The van der Waals surface area contributed by atoms with Gasteiger partial charge in [-0.15, -0.1) is 0 Å². The van der Waals surface area contributed by atoms with Crippen LogP contribution in [0.25, 0.3) is 0 Å². The zero-order valence-electron chi connectivity index (χ0n) is 13.7. The molecule has 1 aliphatic rings. The van der Waals surface area contributed by atoms with Gasteiger partial charge in [0.05, 0.1) is 6.42 Å². The summed E-state index contributed by atoms with van der Waals surface area (Å²) in [6.07, 6.45) is 2.24. The largest absolute Gasteiger partial charge is 0.481 e. The van der Waals surface area contributed by atoms with Gasteiger partial charge >= 0.3 is 5.97 Å². The van der Waals surface area contributed by atoms with E-state index >= 15 is 0 Å². The number of nitrogens with zero attached hydrogens (tertiary/aromatic N) is 1. The number of carboxylic acid groups (broad SMARTS) is 1. The number of benzene rings is 1. The number of hydrogen-bond donors (Lipinski definition) is 2. The Morgan fingerprint density at radius 1 is 1.12 bits per heavy atom. The number of likely N-dealkylation sites (tertiary alicyclic amines) is 1. The minimum Gasteiger partial charge on any atom is -0.481 e. The average molecular weight is 332 g/mol. The lowest BCUT2D eigenvalue weighted by molar-refractivity contribution is -0.138. The molecule has 0 bridgehead atoms. The van der Waals surface area contributed by atoms with Crippen molar-refractivity contribution in [3.63, 3.8) is 0 Å². The highest BCUT2D eigenvalue weighted by Crippen LogP contribution is 2.20. The van der Waals surface area contributed by atoms with Crippen LogP contribution in [-0.2, 0) is 20.8 Å². The van der Waals surface area contributed by atoms with E-state index in [2.05, 4.69) is 5.32 Å². The van der Waals surface area contributed by atoms with E-state index in [-0.39, 0.29) is 30.6 Å². The molecule has 1 saturated heterocycles. The van der Waals surface area contributed by atoms with Gasteiger partial charge in [0.15, 0.2) is 0 Å². The van der Waals surface area contributed by atoms with Crippen molar-refractivity contribution in [1.82, 2.24) is 10.2 Å². The van der Waals surface area contributed by atoms with Crippen molar-refractivity contribution in [3.8, 4) is 0 Å². The minimum absolute atomic E-state index is 0.0174. The Labute approximate surface area is 141 Å². The molecule has 6 heteroatoms. The molecule has 1 heterocycles. The van der Waals surface area contributed by atoms with Crippen LogP contribution in [0, 0.1) is 5.92 Å². The van der Waals surface area contributed by atoms with Crippen molar-refractivity contribution in [2.75, 3.05) is 19.6 Å². The highest BCUT2D eigenvalue weighted by atomic mass is 16.4. The first-order chi connectivity index (χ1) is 11.5. The first-order valence-corrected chi connectivity index (χ1v) is 8.35. The summed E-state index contributed by atoms with van der Waals surface area (Å²) in [5.74, 6) is -0.684. The van der Waals surface area contributed by atoms with Crippen LogP contribution in [0.2, 0.25) is 0 Å². The predicted octanol–water partition coefficient (Wildman–Crippen LogP) is 1.45. The molecular formula is C18H24N2O4. The molecule has 2 amide bonds. The van der Waals surface area contributed by atoms with Gasteiger partial charge in [0.1, 0.15) is 0 Å². The van der Waals surface area contributed by atoms with E-state index in [1.165, 1.54) is 0 Å². The zero-order chi connectivity index (χ0) is 17.4. The van der Waals surface area contributed by atoms with Crippen molar-refractivity contribution in [2.45, 2.75) is 32.1 Å². The van der Waals surface area contributed by atoms with Gasteiger partial charge in [0.2, 0.25) is 11.8 Å². The summed E-state index contributed by atoms with van der Waals surface area (Å²) in [6, 6.07) is 9.47. The van der Waals surface area contributed by atoms with Crippen molar-refractivity contribution in [2.24, 2.45) is 5.92 Å². The summed E-state index contributed by atoms with van der Waals surface area (Å²) in [5, 5.41) is 11.6. The summed E-state index contributed by atoms with van der Waals surface area (Å²) in [4.78, 5) is 36.4. The van der Waals surface area contributed by atoms with Crippen molar-refractivity contribution in [1.29, 1.82) is 0 Å². The minimum atomic E-state index is -0.777. The van der Waals surface area contributed by atoms with Crippen LogP contribution in [-0.4, -0.2) is 47.4 Å². The van der Waals surface area contributed by atoms with Gasteiger partial charge in [-0.2, -0.15) is 0 Å². The van der Waals surface area contributed by atoms with E-state index in [1.54, 1.807) is 4.90 Å². The first-order valence-electron chi connectivity index (χ1n) is 8.35. The van der Waals surface area contributed by atoms with E-state index < -0.39 is 5.97 Å². The highest BCUT2D eigenvalue weighted by Gasteiger charge is 2.23. The fraction of sp³-hybridized carbons (Fsp3) is 0.500. The third kappa shape index (κ3) is 6.02. The molecule has 0 radical (unpaired) electrons. The Morgan fingerprint density at radius 3 is 2.42 bits per heavy atom. The quantitative estimate of drug-likeness (QED) is 0.791. The maximum absolute atomic E-state index is 12.1. The Kier molecular flexibility index (Phi) is 6.78. The molecule has 1 aromatic carbocycles. The lowest BCUT2D eigenvalue weighted by atomic mass is 9.93. The first kappa shape index (κ1) is 18.0. The zero-order valence-corrected chi connectivity index (χ0v) is 13.7.